The number of nitrogens with zero attached hydrogens (tertiary/aromatic N) is 2. The van der Waals surface area contributed by atoms with Crippen LogP contribution in [0.3, 0.4) is 0 Å². The minimum Gasteiger partial charge on any atom is -0.399 e. The summed E-state index contributed by atoms with van der Waals surface area (Å²) in [6, 6.07) is 16.5. The summed E-state index contributed by atoms with van der Waals surface area (Å²) in [5.74, 6) is 0. The predicted octanol–water partition coefficient (Wildman–Crippen LogP) is 3.62. The van der Waals surface area contributed by atoms with Gasteiger partial charge in [0.25, 0.3) is 0 Å². The molecule has 3 heteroatoms. The standard InChI is InChI=1S/C17H19N3/c1-2-11-20-17-6-4-3-5-15(17)16(19-20)12-13-7-9-14(18)10-8-13/h3-10H,2,11-12,18H2,1H3. The van der Waals surface area contributed by atoms with Crippen LogP contribution in [0.25, 0.3) is 10.9 Å². The molecule has 20 heavy (non-hydrogen) atoms. The predicted molar refractivity (Wildman–Crippen MR) is 83.7 cm³/mol. The van der Waals surface area contributed by atoms with Gasteiger partial charge in [-0.1, -0.05) is 37.3 Å². The molecule has 2 aromatic carbocycles. The highest BCUT2D eigenvalue weighted by Crippen LogP contribution is 2.21. The smallest absolute Gasteiger partial charge is 0.0747 e. The third kappa shape index (κ3) is 2.39. The number of para-hydroxylation sites is 1. The van der Waals surface area contributed by atoms with E-state index < -0.39 is 0 Å². The van der Waals surface area contributed by atoms with Crippen molar-refractivity contribution in [3.05, 3.63) is 59.8 Å². The molecule has 0 bridgehead atoms. The SMILES string of the molecule is CCCn1nc(Cc2ccc(N)cc2)c2ccccc21. The zero-order chi connectivity index (χ0) is 13.9. The summed E-state index contributed by atoms with van der Waals surface area (Å²) in [7, 11) is 0. The molecule has 3 nitrogen and oxygen atoms in total. The number of aryl methyl sites for hydroxylation is 1. The molecule has 3 aromatic rings. The van der Waals surface area contributed by atoms with Crippen LogP contribution in [-0.2, 0) is 13.0 Å². The van der Waals surface area contributed by atoms with E-state index in [4.69, 9.17) is 10.8 Å². The number of nitrogen functional groups attached to an aromatic ring is 1. The van der Waals surface area contributed by atoms with Gasteiger partial charge in [-0.3, -0.25) is 4.68 Å². The molecular formula is C17H19N3. The topological polar surface area (TPSA) is 43.8 Å². The first-order valence-corrected chi connectivity index (χ1v) is 7.07. The van der Waals surface area contributed by atoms with Gasteiger partial charge in [0.15, 0.2) is 0 Å². The second-order valence-electron chi connectivity index (χ2n) is 5.11. The Morgan fingerprint density at radius 1 is 1.05 bits per heavy atom. The van der Waals surface area contributed by atoms with E-state index in [0.717, 1.165) is 30.8 Å². The molecule has 102 valence electrons. The molecule has 1 heterocycles. The third-order valence-electron chi connectivity index (χ3n) is 3.52. The van der Waals surface area contributed by atoms with Crippen molar-refractivity contribution in [3.8, 4) is 0 Å². The van der Waals surface area contributed by atoms with Gasteiger partial charge in [0, 0.05) is 24.0 Å². The summed E-state index contributed by atoms with van der Waals surface area (Å²) < 4.78 is 2.11. The Bertz CT molecular complexity index is 711. The fourth-order valence-electron chi connectivity index (χ4n) is 2.54. The van der Waals surface area contributed by atoms with Crippen LogP contribution >= 0.6 is 0 Å². The summed E-state index contributed by atoms with van der Waals surface area (Å²) >= 11 is 0. The van der Waals surface area contributed by atoms with E-state index in [1.54, 1.807) is 0 Å². The maximum absolute atomic E-state index is 5.73. The molecule has 0 saturated heterocycles. The first-order chi connectivity index (χ1) is 9.78. The number of nitrogens with two attached hydrogens (primary N) is 1. The van der Waals surface area contributed by atoms with Crippen LogP contribution in [0.2, 0.25) is 0 Å². The number of anilines is 1. The Morgan fingerprint density at radius 2 is 1.80 bits per heavy atom. The molecule has 0 aliphatic carbocycles. The Balaban J connectivity index is 2.00. The Morgan fingerprint density at radius 3 is 2.55 bits per heavy atom. The number of fused-ring (bicyclic) bond motifs is 1. The van der Waals surface area contributed by atoms with Gasteiger partial charge in [-0.05, 0) is 30.2 Å². The van der Waals surface area contributed by atoms with Crippen LogP contribution in [0.15, 0.2) is 48.5 Å². The first-order valence-electron chi connectivity index (χ1n) is 7.07. The van der Waals surface area contributed by atoms with Crippen molar-refractivity contribution >= 4 is 16.6 Å². The molecule has 0 aliphatic rings. The molecule has 0 amide bonds. The largest absolute Gasteiger partial charge is 0.399 e. The maximum Gasteiger partial charge on any atom is 0.0747 e. The highest BCUT2D eigenvalue weighted by atomic mass is 15.3. The van der Waals surface area contributed by atoms with Gasteiger partial charge < -0.3 is 5.73 Å². The van der Waals surface area contributed by atoms with Gasteiger partial charge in [-0.2, -0.15) is 5.10 Å². The van der Waals surface area contributed by atoms with E-state index in [1.165, 1.54) is 16.5 Å². The lowest BCUT2D eigenvalue weighted by Gasteiger charge is -2.00. The number of hydrogen-bond acceptors (Lipinski definition) is 2. The summed E-state index contributed by atoms with van der Waals surface area (Å²) in [6.07, 6.45) is 1.94. The molecule has 0 radical (unpaired) electrons. The molecule has 0 unspecified atom stereocenters. The lowest BCUT2D eigenvalue weighted by atomic mass is 10.1. The number of benzene rings is 2. The van der Waals surface area contributed by atoms with Crippen molar-refractivity contribution in [2.24, 2.45) is 0 Å². The van der Waals surface area contributed by atoms with Crippen molar-refractivity contribution in [3.63, 3.8) is 0 Å². The van der Waals surface area contributed by atoms with Gasteiger partial charge in [-0.25, -0.2) is 0 Å². The summed E-state index contributed by atoms with van der Waals surface area (Å²) in [5, 5.41) is 6.03. The molecule has 0 aliphatic heterocycles. The lowest BCUT2D eigenvalue weighted by molar-refractivity contribution is 0.614. The number of hydrogen-bond donors (Lipinski definition) is 1. The summed E-state index contributed by atoms with van der Waals surface area (Å²) in [4.78, 5) is 0. The molecule has 0 atom stereocenters. The Labute approximate surface area is 119 Å². The van der Waals surface area contributed by atoms with Crippen molar-refractivity contribution in [2.45, 2.75) is 26.3 Å². The zero-order valence-corrected chi connectivity index (χ0v) is 11.7. The van der Waals surface area contributed by atoms with Crippen molar-refractivity contribution < 1.29 is 0 Å². The molecule has 2 N–H and O–H groups in total. The van der Waals surface area contributed by atoms with Crippen LogP contribution in [0.4, 0.5) is 5.69 Å². The fraction of sp³-hybridized carbons (Fsp3) is 0.235. The van der Waals surface area contributed by atoms with Gasteiger partial charge in [0.2, 0.25) is 0 Å². The van der Waals surface area contributed by atoms with E-state index in [2.05, 4.69) is 48.0 Å². The second kappa shape index (κ2) is 5.37. The first kappa shape index (κ1) is 12.7. The zero-order valence-electron chi connectivity index (χ0n) is 11.7. The number of rotatable bonds is 4. The highest BCUT2D eigenvalue weighted by molar-refractivity contribution is 5.82. The monoisotopic (exact) mass is 265 g/mol. The van der Waals surface area contributed by atoms with Crippen molar-refractivity contribution in [2.75, 3.05) is 5.73 Å². The lowest BCUT2D eigenvalue weighted by Crippen LogP contribution is -1.99. The van der Waals surface area contributed by atoms with Gasteiger partial charge in [0.1, 0.15) is 0 Å². The summed E-state index contributed by atoms with van der Waals surface area (Å²) in [6.45, 7) is 3.14. The molecule has 3 rings (SSSR count). The van der Waals surface area contributed by atoms with Crippen LogP contribution in [0, 0.1) is 0 Å². The van der Waals surface area contributed by atoms with Gasteiger partial charge in [0.05, 0.1) is 11.2 Å². The van der Waals surface area contributed by atoms with E-state index >= 15 is 0 Å². The second-order valence-corrected chi connectivity index (χ2v) is 5.11. The Hall–Kier alpha value is -2.29. The summed E-state index contributed by atoms with van der Waals surface area (Å²) in [5.41, 5.74) is 10.1. The molecular weight excluding hydrogens is 246 g/mol. The minimum atomic E-state index is 0.801. The van der Waals surface area contributed by atoms with Crippen LogP contribution in [0.1, 0.15) is 24.6 Å². The average molecular weight is 265 g/mol. The molecule has 0 fully saturated rings. The van der Waals surface area contributed by atoms with Gasteiger partial charge >= 0.3 is 0 Å². The van der Waals surface area contributed by atoms with E-state index in [-0.39, 0.29) is 0 Å². The fourth-order valence-corrected chi connectivity index (χ4v) is 2.54. The number of aromatic nitrogens is 2. The third-order valence-corrected chi connectivity index (χ3v) is 3.52. The highest BCUT2D eigenvalue weighted by Gasteiger charge is 2.09. The Kier molecular flexibility index (Phi) is 3.42. The van der Waals surface area contributed by atoms with E-state index in [9.17, 15) is 0 Å². The molecule has 0 saturated carbocycles. The van der Waals surface area contributed by atoms with E-state index in [1.807, 2.05) is 12.1 Å². The average Bonchev–Trinajstić information content (AvgIpc) is 2.81. The minimum absolute atomic E-state index is 0.801. The normalized spacial score (nSPS) is 11.1. The van der Waals surface area contributed by atoms with E-state index in [0.29, 0.717) is 0 Å². The van der Waals surface area contributed by atoms with Gasteiger partial charge in [-0.15, -0.1) is 0 Å². The molecule has 0 spiro atoms. The van der Waals surface area contributed by atoms with Crippen LogP contribution in [0.5, 0.6) is 0 Å². The van der Waals surface area contributed by atoms with Crippen molar-refractivity contribution in [1.29, 1.82) is 0 Å². The maximum atomic E-state index is 5.73. The van der Waals surface area contributed by atoms with Crippen LogP contribution in [-0.4, -0.2) is 9.78 Å². The van der Waals surface area contributed by atoms with Crippen molar-refractivity contribution in [1.82, 2.24) is 9.78 Å². The quantitative estimate of drug-likeness (QED) is 0.732. The molecule has 1 aromatic heterocycles. The van der Waals surface area contributed by atoms with Crippen LogP contribution < -0.4 is 5.73 Å².